The van der Waals surface area contributed by atoms with Crippen LogP contribution in [-0.4, -0.2) is 13.0 Å². The monoisotopic (exact) mass is 363 g/mol. The summed E-state index contributed by atoms with van der Waals surface area (Å²) >= 11 is 12.0. The second-order valence-corrected chi connectivity index (χ2v) is 7.53. The van der Waals surface area contributed by atoms with Crippen LogP contribution in [0.4, 0.5) is 5.69 Å². The number of nitrogens with one attached hydrogen (secondary N) is 1. The van der Waals surface area contributed by atoms with Gasteiger partial charge in [0.15, 0.2) is 0 Å². The Kier molecular flexibility index (Phi) is 4.50. The van der Waals surface area contributed by atoms with Gasteiger partial charge in [-0.1, -0.05) is 49.2 Å². The van der Waals surface area contributed by atoms with Crippen LogP contribution in [0.15, 0.2) is 42.5 Å². The number of rotatable bonds is 4. The minimum atomic E-state index is -0.109. The van der Waals surface area contributed by atoms with E-state index in [1.807, 2.05) is 24.3 Å². The SMILES string of the molecule is COc1ccc(Cl)cc1NC(=O)C1C(c2ccc(Cl)cc2)C1(C)C. The van der Waals surface area contributed by atoms with Gasteiger partial charge in [0.05, 0.1) is 18.7 Å². The Morgan fingerprint density at radius 3 is 2.33 bits per heavy atom. The summed E-state index contributed by atoms with van der Waals surface area (Å²) in [5.74, 6) is 0.622. The van der Waals surface area contributed by atoms with Gasteiger partial charge in [-0.25, -0.2) is 0 Å². The lowest BCUT2D eigenvalue weighted by molar-refractivity contribution is -0.118. The summed E-state index contributed by atoms with van der Waals surface area (Å²) in [6.45, 7) is 4.21. The van der Waals surface area contributed by atoms with Crippen molar-refractivity contribution in [2.24, 2.45) is 11.3 Å². The molecule has 5 heteroatoms. The van der Waals surface area contributed by atoms with E-state index in [1.54, 1.807) is 25.3 Å². The number of carbonyl (C=O) groups is 1. The summed E-state index contributed by atoms with van der Waals surface area (Å²) in [7, 11) is 1.57. The fourth-order valence-electron chi connectivity index (χ4n) is 3.41. The van der Waals surface area contributed by atoms with Gasteiger partial charge in [0.2, 0.25) is 5.91 Å². The molecule has 2 atom stereocenters. The lowest BCUT2D eigenvalue weighted by Crippen LogP contribution is -2.17. The summed E-state index contributed by atoms with van der Waals surface area (Å²) in [5.41, 5.74) is 1.61. The van der Waals surface area contributed by atoms with Crippen LogP contribution in [0.5, 0.6) is 5.75 Å². The zero-order valence-electron chi connectivity index (χ0n) is 13.8. The standard InChI is InChI=1S/C19H19Cl2NO2/c1-19(2)16(11-4-6-12(20)7-5-11)17(19)18(23)22-14-10-13(21)8-9-15(14)24-3/h4-10,16-17H,1-3H3,(H,22,23). The molecule has 3 rings (SSSR count). The molecule has 0 aliphatic heterocycles. The predicted octanol–water partition coefficient (Wildman–Crippen LogP) is 5.38. The van der Waals surface area contributed by atoms with Crippen LogP contribution in [0.1, 0.15) is 25.3 Å². The van der Waals surface area contributed by atoms with Gasteiger partial charge in [0, 0.05) is 16.0 Å². The molecule has 0 aromatic heterocycles. The van der Waals surface area contributed by atoms with Crippen LogP contribution >= 0.6 is 23.2 Å². The smallest absolute Gasteiger partial charge is 0.228 e. The van der Waals surface area contributed by atoms with Crippen molar-refractivity contribution in [2.45, 2.75) is 19.8 Å². The Labute approximate surface area is 151 Å². The first-order valence-corrected chi connectivity index (χ1v) is 8.50. The average molecular weight is 364 g/mol. The number of methoxy groups -OCH3 is 1. The second kappa shape index (κ2) is 6.30. The molecule has 0 radical (unpaired) electrons. The van der Waals surface area contributed by atoms with Gasteiger partial charge < -0.3 is 10.1 Å². The Bertz CT molecular complexity index is 771. The number of hydrogen-bond donors (Lipinski definition) is 1. The molecule has 2 aromatic rings. The minimum Gasteiger partial charge on any atom is -0.495 e. The van der Waals surface area contributed by atoms with Gasteiger partial charge in [-0.3, -0.25) is 4.79 Å². The lowest BCUT2D eigenvalue weighted by Gasteiger charge is -2.11. The highest BCUT2D eigenvalue weighted by Crippen LogP contribution is 2.64. The molecule has 0 spiro atoms. The maximum atomic E-state index is 12.8. The summed E-state index contributed by atoms with van der Waals surface area (Å²) in [6, 6.07) is 12.9. The number of amides is 1. The third kappa shape index (κ3) is 3.11. The van der Waals surface area contributed by atoms with Crippen molar-refractivity contribution in [3.05, 3.63) is 58.1 Å². The molecule has 24 heavy (non-hydrogen) atoms. The molecule has 2 unspecified atom stereocenters. The summed E-state index contributed by atoms with van der Waals surface area (Å²) in [4.78, 5) is 12.8. The van der Waals surface area contributed by atoms with Crippen molar-refractivity contribution in [1.82, 2.24) is 0 Å². The first kappa shape index (κ1) is 17.1. The van der Waals surface area contributed by atoms with Crippen molar-refractivity contribution in [3.8, 4) is 5.75 Å². The van der Waals surface area contributed by atoms with E-state index in [0.717, 1.165) is 5.56 Å². The van der Waals surface area contributed by atoms with Gasteiger partial charge in [-0.05, 0) is 41.3 Å². The summed E-state index contributed by atoms with van der Waals surface area (Å²) in [6.07, 6.45) is 0. The zero-order valence-corrected chi connectivity index (χ0v) is 15.3. The van der Waals surface area contributed by atoms with Crippen LogP contribution in [0, 0.1) is 11.3 Å². The molecule has 2 aromatic carbocycles. The Morgan fingerprint density at radius 2 is 1.71 bits per heavy atom. The molecule has 3 nitrogen and oxygen atoms in total. The van der Waals surface area contributed by atoms with Crippen LogP contribution < -0.4 is 10.1 Å². The van der Waals surface area contributed by atoms with E-state index in [1.165, 1.54) is 0 Å². The molecule has 1 saturated carbocycles. The van der Waals surface area contributed by atoms with E-state index < -0.39 is 0 Å². The normalized spacial score (nSPS) is 21.2. The minimum absolute atomic E-state index is 0.0273. The van der Waals surface area contributed by atoms with E-state index >= 15 is 0 Å². The molecule has 1 fully saturated rings. The summed E-state index contributed by atoms with van der Waals surface area (Å²) < 4.78 is 5.29. The Hall–Kier alpha value is -1.71. The molecule has 0 saturated heterocycles. The van der Waals surface area contributed by atoms with E-state index in [2.05, 4.69) is 19.2 Å². The van der Waals surface area contributed by atoms with Gasteiger partial charge in [-0.2, -0.15) is 0 Å². The number of carbonyl (C=O) groups excluding carboxylic acids is 1. The fraction of sp³-hybridized carbons (Fsp3) is 0.316. The molecule has 0 bridgehead atoms. The molecular formula is C19H19Cl2NO2. The summed E-state index contributed by atoms with van der Waals surface area (Å²) in [5, 5.41) is 4.20. The topological polar surface area (TPSA) is 38.3 Å². The van der Waals surface area contributed by atoms with Gasteiger partial charge in [0.1, 0.15) is 5.75 Å². The van der Waals surface area contributed by atoms with Crippen molar-refractivity contribution in [2.75, 3.05) is 12.4 Å². The van der Waals surface area contributed by atoms with Crippen LogP contribution in [-0.2, 0) is 4.79 Å². The second-order valence-electron chi connectivity index (χ2n) is 6.66. The predicted molar refractivity (Wildman–Crippen MR) is 98.1 cm³/mol. The maximum absolute atomic E-state index is 12.8. The molecule has 0 heterocycles. The van der Waals surface area contributed by atoms with Gasteiger partial charge >= 0.3 is 0 Å². The third-order valence-corrected chi connectivity index (χ3v) is 5.25. The first-order valence-electron chi connectivity index (χ1n) is 7.74. The van der Waals surface area contributed by atoms with Crippen molar-refractivity contribution < 1.29 is 9.53 Å². The molecular weight excluding hydrogens is 345 g/mol. The van der Waals surface area contributed by atoms with E-state index in [-0.39, 0.29) is 23.2 Å². The molecule has 1 N–H and O–H groups in total. The average Bonchev–Trinajstić information content (AvgIpc) is 3.11. The van der Waals surface area contributed by atoms with Crippen molar-refractivity contribution >= 4 is 34.8 Å². The lowest BCUT2D eigenvalue weighted by atomic mass is 10.0. The van der Waals surface area contributed by atoms with Gasteiger partial charge in [-0.15, -0.1) is 0 Å². The highest BCUT2D eigenvalue weighted by Gasteiger charge is 2.62. The first-order chi connectivity index (χ1) is 11.3. The molecule has 126 valence electrons. The fourth-order valence-corrected chi connectivity index (χ4v) is 3.71. The molecule has 1 aliphatic carbocycles. The zero-order chi connectivity index (χ0) is 17.5. The van der Waals surface area contributed by atoms with E-state index in [0.29, 0.717) is 21.5 Å². The van der Waals surface area contributed by atoms with E-state index in [9.17, 15) is 4.79 Å². The highest BCUT2D eigenvalue weighted by molar-refractivity contribution is 6.31. The quantitative estimate of drug-likeness (QED) is 0.791. The molecule has 1 aliphatic rings. The Balaban J connectivity index is 1.81. The van der Waals surface area contributed by atoms with Crippen LogP contribution in [0.25, 0.3) is 0 Å². The number of hydrogen-bond acceptors (Lipinski definition) is 2. The number of ether oxygens (including phenoxy) is 1. The largest absolute Gasteiger partial charge is 0.495 e. The van der Waals surface area contributed by atoms with Crippen LogP contribution in [0.2, 0.25) is 10.0 Å². The van der Waals surface area contributed by atoms with Crippen molar-refractivity contribution in [3.63, 3.8) is 0 Å². The third-order valence-electron chi connectivity index (χ3n) is 4.76. The van der Waals surface area contributed by atoms with Crippen LogP contribution in [0.3, 0.4) is 0 Å². The number of halogens is 2. The van der Waals surface area contributed by atoms with E-state index in [4.69, 9.17) is 27.9 Å². The highest BCUT2D eigenvalue weighted by atomic mass is 35.5. The van der Waals surface area contributed by atoms with Gasteiger partial charge in [0.25, 0.3) is 0 Å². The maximum Gasteiger partial charge on any atom is 0.228 e. The number of benzene rings is 2. The van der Waals surface area contributed by atoms with Crippen molar-refractivity contribution in [1.29, 1.82) is 0 Å². The number of anilines is 1. The molecule has 1 amide bonds. The Morgan fingerprint density at radius 1 is 1.08 bits per heavy atom.